The van der Waals surface area contributed by atoms with Crippen LogP contribution in [0.25, 0.3) is 21.6 Å². The van der Waals surface area contributed by atoms with E-state index >= 15 is 0 Å². The number of fused-ring (bicyclic) bond motifs is 1. The fourth-order valence-electron chi connectivity index (χ4n) is 2.35. The highest BCUT2D eigenvalue weighted by Gasteiger charge is 2.14. The fraction of sp³-hybridized carbons (Fsp3) is 0.250. The highest BCUT2D eigenvalue weighted by atomic mass is 32.1. The fourth-order valence-corrected chi connectivity index (χ4v) is 3.11. The Bertz CT molecular complexity index is 811. The van der Waals surface area contributed by atoms with Crippen molar-refractivity contribution in [2.75, 3.05) is 14.2 Å². The Morgan fingerprint density at radius 1 is 1.00 bits per heavy atom. The summed E-state index contributed by atoms with van der Waals surface area (Å²) in [6, 6.07) is 5.85. The number of hydrogen-bond donors (Lipinski definition) is 0. The van der Waals surface area contributed by atoms with E-state index in [0.717, 1.165) is 44.4 Å². The lowest BCUT2D eigenvalue weighted by Gasteiger charge is -2.11. The van der Waals surface area contributed by atoms with Crippen LogP contribution >= 0.6 is 11.3 Å². The number of pyridine rings is 1. The van der Waals surface area contributed by atoms with Gasteiger partial charge in [0, 0.05) is 28.1 Å². The molecular formula is C16H16N2O2S. The van der Waals surface area contributed by atoms with Crippen LogP contribution in [0.4, 0.5) is 0 Å². The summed E-state index contributed by atoms with van der Waals surface area (Å²) in [5, 5.41) is 3.90. The van der Waals surface area contributed by atoms with Crippen LogP contribution in [0.5, 0.6) is 11.5 Å². The van der Waals surface area contributed by atoms with Crippen LogP contribution < -0.4 is 9.47 Å². The van der Waals surface area contributed by atoms with Crippen molar-refractivity contribution >= 4 is 22.2 Å². The standard InChI is InChI=1S/C16H16N2O2S/c1-9-8-21-16(17-9)12-7-14(20-4)11-5-6-13(19-3)10(2)15(11)18-12/h5-8H,1-4H3. The lowest BCUT2D eigenvalue weighted by atomic mass is 10.1. The van der Waals surface area contributed by atoms with E-state index in [-0.39, 0.29) is 0 Å². The zero-order chi connectivity index (χ0) is 15.0. The van der Waals surface area contributed by atoms with E-state index in [1.807, 2.05) is 37.4 Å². The van der Waals surface area contributed by atoms with Gasteiger partial charge >= 0.3 is 0 Å². The maximum absolute atomic E-state index is 5.52. The van der Waals surface area contributed by atoms with Crippen LogP contribution in [-0.2, 0) is 0 Å². The van der Waals surface area contributed by atoms with Crippen LogP contribution in [-0.4, -0.2) is 24.2 Å². The maximum Gasteiger partial charge on any atom is 0.142 e. The number of aryl methyl sites for hydroxylation is 2. The number of rotatable bonds is 3. The van der Waals surface area contributed by atoms with Crippen molar-refractivity contribution in [1.29, 1.82) is 0 Å². The summed E-state index contributed by atoms with van der Waals surface area (Å²) >= 11 is 1.59. The second-order valence-electron chi connectivity index (χ2n) is 4.79. The molecule has 0 N–H and O–H groups in total. The lowest BCUT2D eigenvalue weighted by Crippen LogP contribution is -1.95. The van der Waals surface area contributed by atoms with Gasteiger partial charge in [-0.3, -0.25) is 0 Å². The summed E-state index contributed by atoms with van der Waals surface area (Å²) in [7, 11) is 3.34. The molecule has 0 saturated carbocycles. The third-order valence-electron chi connectivity index (χ3n) is 3.42. The van der Waals surface area contributed by atoms with Crippen molar-refractivity contribution in [2.45, 2.75) is 13.8 Å². The quantitative estimate of drug-likeness (QED) is 0.733. The van der Waals surface area contributed by atoms with Crippen molar-refractivity contribution in [2.24, 2.45) is 0 Å². The SMILES string of the molecule is COc1ccc2c(OC)cc(-c3nc(C)cs3)nc2c1C. The molecule has 0 aliphatic carbocycles. The zero-order valence-corrected chi connectivity index (χ0v) is 13.2. The Morgan fingerprint density at radius 2 is 1.76 bits per heavy atom. The van der Waals surface area contributed by atoms with Crippen molar-refractivity contribution in [1.82, 2.24) is 9.97 Å². The van der Waals surface area contributed by atoms with Crippen LogP contribution in [0.15, 0.2) is 23.6 Å². The predicted molar refractivity (Wildman–Crippen MR) is 85.4 cm³/mol. The lowest BCUT2D eigenvalue weighted by molar-refractivity contribution is 0.411. The molecule has 1 aromatic carbocycles. The molecule has 0 fully saturated rings. The monoisotopic (exact) mass is 300 g/mol. The van der Waals surface area contributed by atoms with E-state index in [1.54, 1.807) is 25.6 Å². The molecule has 5 heteroatoms. The van der Waals surface area contributed by atoms with Crippen molar-refractivity contribution in [3.8, 4) is 22.2 Å². The van der Waals surface area contributed by atoms with Gasteiger partial charge in [-0.05, 0) is 26.0 Å². The van der Waals surface area contributed by atoms with E-state index < -0.39 is 0 Å². The van der Waals surface area contributed by atoms with Gasteiger partial charge in [0.1, 0.15) is 22.2 Å². The second-order valence-corrected chi connectivity index (χ2v) is 5.65. The number of hydrogen-bond acceptors (Lipinski definition) is 5. The number of benzene rings is 1. The highest BCUT2D eigenvalue weighted by molar-refractivity contribution is 7.13. The minimum Gasteiger partial charge on any atom is -0.496 e. The van der Waals surface area contributed by atoms with Gasteiger partial charge in [-0.15, -0.1) is 11.3 Å². The molecule has 3 aromatic rings. The Balaban J connectivity index is 2.30. The zero-order valence-electron chi connectivity index (χ0n) is 12.4. The van der Waals surface area contributed by atoms with Gasteiger partial charge < -0.3 is 9.47 Å². The summed E-state index contributed by atoms with van der Waals surface area (Å²) in [6.07, 6.45) is 0. The molecule has 3 rings (SSSR count). The predicted octanol–water partition coefficient (Wildman–Crippen LogP) is 3.99. The number of thiazole rings is 1. The molecule has 0 spiro atoms. The number of nitrogens with zero attached hydrogens (tertiary/aromatic N) is 2. The molecular weight excluding hydrogens is 284 g/mol. The molecule has 0 atom stereocenters. The minimum absolute atomic E-state index is 0.800. The molecule has 0 aliphatic rings. The first kappa shape index (κ1) is 13.8. The maximum atomic E-state index is 5.52. The number of ether oxygens (including phenoxy) is 2. The molecule has 108 valence electrons. The van der Waals surface area contributed by atoms with Gasteiger partial charge in [-0.25, -0.2) is 9.97 Å². The van der Waals surface area contributed by atoms with Crippen LogP contribution in [0, 0.1) is 13.8 Å². The van der Waals surface area contributed by atoms with Crippen molar-refractivity contribution in [3.63, 3.8) is 0 Å². The van der Waals surface area contributed by atoms with E-state index in [0.29, 0.717) is 0 Å². The first-order valence-electron chi connectivity index (χ1n) is 6.59. The first-order valence-corrected chi connectivity index (χ1v) is 7.47. The third-order valence-corrected chi connectivity index (χ3v) is 4.41. The molecule has 2 aromatic heterocycles. The number of aromatic nitrogens is 2. The molecule has 0 bridgehead atoms. The van der Waals surface area contributed by atoms with Gasteiger partial charge in [-0.2, -0.15) is 0 Å². The smallest absolute Gasteiger partial charge is 0.142 e. The van der Waals surface area contributed by atoms with E-state index in [4.69, 9.17) is 14.5 Å². The average molecular weight is 300 g/mol. The first-order chi connectivity index (χ1) is 10.1. The summed E-state index contributed by atoms with van der Waals surface area (Å²) in [5.41, 5.74) is 3.71. The normalized spacial score (nSPS) is 10.9. The molecule has 0 unspecified atom stereocenters. The largest absolute Gasteiger partial charge is 0.496 e. The topological polar surface area (TPSA) is 44.2 Å². The van der Waals surface area contributed by atoms with Gasteiger partial charge in [0.05, 0.1) is 19.7 Å². The van der Waals surface area contributed by atoms with Crippen LogP contribution in [0.3, 0.4) is 0 Å². The Hall–Kier alpha value is -2.14. The van der Waals surface area contributed by atoms with Crippen molar-refractivity contribution < 1.29 is 9.47 Å². The second kappa shape index (κ2) is 5.33. The van der Waals surface area contributed by atoms with Crippen LogP contribution in [0.2, 0.25) is 0 Å². The Labute approximate surface area is 127 Å². The minimum atomic E-state index is 0.800. The third kappa shape index (κ3) is 2.34. The molecule has 0 amide bonds. The summed E-state index contributed by atoms with van der Waals surface area (Å²) < 4.78 is 10.9. The molecule has 2 heterocycles. The number of methoxy groups -OCH3 is 2. The Kier molecular flexibility index (Phi) is 3.51. The molecule has 0 saturated heterocycles. The molecule has 4 nitrogen and oxygen atoms in total. The van der Waals surface area contributed by atoms with Gasteiger partial charge in [0.15, 0.2) is 0 Å². The van der Waals surface area contributed by atoms with Crippen LogP contribution in [0.1, 0.15) is 11.3 Å². The summed E-state index contributed by atoms with van der Waals surface area (Å²) in [5.74, 6) is 1.62. The molecule has 0 radical (unpaired) electrons. The van der Waals surface area contributed by atoms with E-state index in [2.05, 4.69) is 4.98 Å². The van der Waals surface area contributed by atoms with E-state index in [9.17, 15) is 0 Å². The summed E-state index contributed by atoms with van der Waals surface area (Å²) in [6.45, 7) is 3.98. The molecule has 0 aliphatic heterocycles. The summed E-state index contributed by atoms with van der Waals surface area (Å²) in [4.78, 5) is 9.27. The highest BCUT2D eigenvalue weighted by Crippen LogP contribution is 2.35. The van der Waals surface area contributed by atoms with E-state index in [1.165, 1.54) is 0 Å². The van der Waals surface area contributed by atoms with Gasteiger partial charge in [0.2, 0.25) is 0 Å². The Morgan fingerprint density at radius 3 is 2.38 bits per heavy atom. The van der Waals surface area contributed by atoms with Gasteiger partial charge in [0.25, 0.3) is 0 Å². The van der Waals surface area contributed by atoms with Gasteiger partial charge in [-0.1, -0.05) is 0 Å². The van der Waals surface area contributed by atoms with Crippen molar-refractivity contribution in [3.05, 3.63) is 34.8 Å². The molecule has 21 heavy (non-hydrogen) atoms. The average Bonchev–Trinajstić information content (AvgIpc) is 2.93.